The Kier molecular flexibility index (Phi) is 20.4. The fourth-order valence-electron chi connectivity index (χ4n) is 9.99. The molecule has 13 nitrogen and oxygen atoms in total. The first-order valence-corrected chi connectivity index (χ1v) is 29.0. The summed E-state index contributed by atoms with van der Waals surface area (Å²) in [5, 5.41) is 22.3. The van der Waals surface area contributed by atoms with Crippen LogP contribution < -0.4 is 14.2 Å². The van der Waals surface area contributed by atoms with Gasteiger partial charge in [-0.15, -0.1) is 0 Å². The van der Waals surface area contributed by atoms with E-state index in [9.17, 15) is 29.7 Å². The maximum atomic E-state index is 13.7. The van der Waals surface area contributed by atoms with Crippen LogP contribution in [0.3, 0.4) is 0 Å². The molecule has 3 atom stereocenters. The largest absolute Gasteiger partial charge is 0.490 e. The number of hydrogen-bond acceptors (Lipinski definition) is 13. The summed E-state index contributed by atoms with van der Waals surface area (Å²) < 4.78 is 40.3. The highest BCUT2D eigenvalue weighted by Gasteiger charge is 2.41. The number of hydrogen-bond donors (Lipinski definition) is 0. The zero-order chi connectivity index (χ0) is 61.7. The molecular formula is C76H58N2O11. The van der Waals surface area contributed by atoms with E-state index in [0.717, 1.165) is 60.5 Å². The van der Waals surface area contributed by atoms with Crippen molar-refractivity contribution in [3.63, 3.8) is 0 Å². The Hall–Kier alpha value is -11.6. The number of esters is 4. The van der Waals surface area contributed by atoms with Crippen molar-refractivity contribution >= 4 is 45.4 Å². The molecule has 0 amide bonds. The van der Waals surface area contributed by atoms with Crippen LogP contribution in [0.5, 0.6) is 17.2 Å². The molecule has 10 rings (SSSR count). The number of nitriles is 2. The fraction of sp³-hybridized carbons (Fsp3) is 0.184. The standard InChI is InChI=1S/C76H58N2O11/c1-52(61-5-3-2-4-6-61)89-76(82)62-25-13-53(14-26-62)7-8-54-19-31-70(32-20-54)83-37-40-86-73(79)67-47-68(74(80)87-41-38-84-71-33-21-55(22-34-71)9-11-57-15-27-65-45-59(50-77)17-29-63(65)43-57)49-69(48-67)75(81)88-42-39-85-72-35-23-56(24-36-72)10-12-58-16-28-66-46-60(51-78)18-30-64(66)44-58/h2-6,13-36,43-46,52,67-69H,37-42,47-49H2,1H3. The van der Waals surface area contributed by atoms with E-state index in [2.05, 4.69) is 47.7 Å². The van der Waals surface area contributed by atoms with Crippen LogP contribution in [0.15, 0.2) is 200 Å². The van der Waals surface area contributed by atoms with Crippen molar-refractivity contribution in [1.29, 1.82) is 10.5 Å². The second-order valence-electron chi connectivity index (χ2n) is 21.0. The van der Waals surface area contributed by atoms with Gasteiger partial charge in [-0.1, -0.05) is 90.1 Å². The second-order valence-corrected chi connectivity index (χ2v) is 21.0. The monoisotopic (exact) mass is 1170 g/mol. The van der Waals surface area contributed by atoms with Gasteiger partial charge in [0.25, 0.3) is 0 Å². The predicted molar refractivity (Wildman–Crippen MR) is 335 cm³/mol. The summed E-state index contributed by atoms with van der Waals surface area (Å²) >= 11 is 0. The first kappa shape index (κ1) is 60.6. The normalized spacial score (nSPS) is 14.2. The third-order valence-electron chi connectivity index (χ3n) is 14.7. The molecule has 1 aliphatic carbocycles. The summed E-state index contributed by atoms with van der Waals surface area (Å²) in [4.78, 5) is 53.8. The Morgan fingerprint density at radius 2 is 0.685 bits per heavy atom. The Labute approximate surface area is 516 Å². The van der Waals surface area contributed by atoms with Crippen LogP contribution in [0.4, 0.5) is 0 Å². The van der Waals surface area contributed by atoms with Crippen molar-refractivity contribution in [1.82, 2.24) is 0 Å². The zero-order valence-corrected chi connectivity index (χ0v) is 48.6. The van der Waals surface area contributed by atoms with Gasteiger partial charge in [-0.2, -0.15) is 10.5 Å². The second kappa shape index (κ2) is 30.0. The fourth-order valence-corrected chi connectivity index (χ4v) is 9.99. The van der Waals surface area contributed by atoms with Crippen molar-refractivity contribution in [3.8, 4) is 64.9 Å². The summed E-state index contributed by atoms with van der Waals surface area (Å²) in [6, 6.07) is 65.1. The van der Waals surface area contributed by atoms with Crippen molar-refractivity contribution in [2.75, 3.05) is 39.6 Å². The van der Waals surface area contributed by atoms with E-state index in [0.29, 0.717) is 33.9 Å². The van der Waals surface area contributed by atoms with Gasteiger partial charge in [-0.25, -0.2) is 4.79 Å². The van der Waals surface area contributed by atoms with Gasteiger partial charge in [-0.3, -0.25) is 14.4 Å². The van der Waals surface area contributed by atoms with Crippen LogP contribution >= 0.6 is 0 Å². The number of benzene rings is 9. The van der Waals surface area contributed by atoms with E-state index in [1.165, 1.54) is 0 Å². The average Bonchev–Trinajstić information content (AvgIpc) is 3.60. The highest BCUT2D eigenvalue weighted by Crippen LogP contribution is 2.36. The molecule has 0 aromatic heterocycles. The molecule has 9 aromatic rings. The maximum absolute atomic E-state index is 13.7. The van der Waals surface area contributed by atoms with E-state index in [4.69, 9.17) is 33.2 Å². The SMILES string of the molecule is CC(OC(=O)c1ccc(C#Cc2ccc(OCCOC(=O)C3CC(C(=O)OCCOc4ccc(C#Cc5ccc6cc(C#N)ccc6c5)cc4)CC(C(=O)OCCOc4ccc(C#Cc5ccc6cc(C#N)ccc6c5)cc4)C3)cc2)cc1)c1ccccc1. The minimum Gasteiger partial charge on any atom is -0.490 e. The maximum Gasteiger partial charge on any atom is 0.338 e. The third kappa shape index (κ3) is 17.3. The van der Waals surface area contributed by atoms with Crippen molar-refractivity contribution in [2.45, 2.75) is 32.3 Å². The predicted octanol–water partition coefficient (Wildman–Crippen LogP) is 13.1. The molecule has 0 saturated heterocycles. The first-order valence-electron chi connectivity index (χ1n) is 29.0. The lowest BCUT2D eigenvalue weighted by atomic mass is 9.75. The zero-order valence-electron chi connectivity index (χ0n) is 48.6. The summed E-state index contributed by atoms with van der Waals surface area (Å²) in [6.07, 6.45) is -0.0656. The highest BCUT2D eigenvalue weighted by atomic mass is 16.6. The Balaban J connectivity index is 0.694. The van der Waals surface area contributed by atoms with E-state index in [-0.39, 0.29) is 65.0 Å². The molecule has 3 unspecified atom stereocenters. The lowest BCUT2D eigenvalue weighted by Crippen LogP contribution is -2.38. The van der Waals surface area contributed by atoms with Crippen LogP contribution in [0.25, 0.3) is 21.5 Å². The van der Waals surface area contributed by atoms with Gasteiger partial charge in [0, 0.05) is 33.4 Å². The van der Waals surface area contributed by atoms with Gasteiger partial charge in [0.1, 0.15) is 63.0 Å². The molecule has 0 N–H and O–H groups in total. The smallest absolute Gasteiger partial charge is 0.338 e. The van der Waals surface area contributed by atoms with Crippen LogP contribution in [-0.4, -0.2) is 63.5 Å². The number of ether oxygens (including phenoxy) is 7. The number of carbonyl (C=O) groups excluding carboxylic acids is 4. The lowest BCUT2D eigenvalue weighted by molar-refractivity contribution is -0.161. The van der Waals surface area contributed by atoms with Gasteiger partial charge in [-0.05, 0) is 199 Å². The van der Waals surface area contributed by atoms with Gasteiger partial charge >= 0.3 is 23.9 Å². The van der Waals surface area contributed by atoms with Gasteiger partial charge in [0.05, 0.1) is 46.6 Å². The number of fused-ring (bicyclic) bond motifs is 2. The molecule has 9 aromatic carbocycles. The molecule has 1 saturated carbocycles. The van der Waals surface area contributed by atoms with Gasteiger partial charge in [0.2, 0.25) is 0 Å². The molecule has 1 aliphatic rings. The first-order chi connectivity index (χ1) is 43.5. The van der Waals surface area contributed by atoms with Crippen LogP contribution in [0.1, 0.15) is 92.7 Å². The molecule has 0 spiro atoms. The third-order valence-corrected chi connectivity index (χ3v) is 14.7. The van der Waals surface area contributed by atoms with Crippen molar-refractivity contribution in [3.05, 3.63) is 256 Å². The van der Waals surface area contributed by atoms with Crippen LogP contribution in [0, 0.1) is 75.9 Å². The Morgan fingerprint density at radius 3 is 1.03 bits per heavy atom. The van der Waals surface area contributed by atoms with Crippen LogP contribution in [-0.2, 0) is 33.3 Å². The van der Waals surface area contributed by atoms with E-state index >= 15 is 0 Å². The molecule has 438 valence electrons. The molecule has 0 radical (unpaired) electrons. The molecule has 89 heavy (non-hydrogen) atoms. The molecule has 13 heteroatoms. The van der Waals surface area contributed by atoms with Gasteiger partial charge < -0.3 is 33.2 Å². The summed E-state index contributed by atoms with van der Waals surface area (Å²) in [6.45, 7) is 1.75. The number of carbonyl (C=O) groups is 4. The minimum atomic E-state index is -0.807. The lowest BCUT2D eigenvalue weighted by Gasteiger charge is -2.31. The van der Waals surface area contributed by atoms with E-state index in [1.807, 2.05) is 122 Å². The summed E-state index contributed by atoms with van der Waals surface area (Å²) in [7, 11) is 0. The minimum absolute atomic E-state index is 0.0424. The average molecular weight is 1180 g/mol. The summed E-state index contributed by atoms with van der Waals surface area (Å²) in [5.74, 6) is 16.0. The van der Waals surface area contributed by atoms with Crippen molar-refractivity contribution in [2.24, 2.45) is 17.8 Å². The quantitative estimate of drug-likeness (QED) is 0.0343. The number of rotatable bonds is 18. The Bertz CT molecular complexity index is 4120. The van der Waals surface area contributed by atoms with E-state index in [1.54, 1.807) is 84.9 Å². The summed E-state index contributed by atoms with van der Waals surface area (Å²) in [5.41, 5.74) is 7.21. The molecule has 1 fully saturated rings. The van der Waals surface area contributed by atoms with Crippen LogP contribution in [0.2, 0.25) is 0 Å². The molecular weight excluding hydrogens is 1120 g/mol. The topological polar surface area (TPSA) is 180 Å². The van der Waals surface area contributed by atoms with Crippen molar-refractivity contribution < 1.29 is 52.3 Å². The van der Waals surface area contributed by atoms with E-state index < -0.39 is 41.6 Å². The molecule has 0 heterocycles. The van der Waals surface area contributed by atoms with Gasteiger partial charge in [0.15, 0.2) is 0 Å². The number of nitrogens with zero attached hydrogens (tertiary/aromatic N) is 2. The highest BCUT2D eigenvalue weighted by molar-refractivity contribution is 5.90. The molecule has 0 aliphatic heterocycles. The molecule has 0 bridgehead atoms. The Morgan fingerprint density at radius 1 is 0.382 bits per heavy atom.